The minimum absolute atomic E-state index is 0.102. The van der Waals surface area contributed by atoms with E-state index in [9.17, 15) is 32.7 Å². The summed E-state index contributed by atoms with van der Waals surface area (Å²) in [6.07, 6.45) is -3.65. The van der Waals surface area contributed by atoms with E-state index in [2.05, 4.69) is 0 Å². The number of ether oxygens (including phenoxy) is 2. The number of aliphatic carboxylic acids is 1. The van der Waals surface area contributed by atoms with Crippen molar-refractivity contribution in [3.63, 3.8) is 0 Å². The van der Waals surface area contributed by atoms with Gasteiger partial charge in [0.15, 0.2) is 11.5 Å². The molecule has 0 aliphatic carbocycles. The number of alkyl halides is 3. The van der Waals surface area contributed by atoms with Gasteiger partial charge in [0, 0.05) is 42.3 Å². The van der Waals surface area contributed by atoms with Gasteiger partial charge in [-0.3, -0.25) is 9.69 Å². The van der Waals surface area contributed by atoms with Gasteiger partial charge < -0.3 is 24.3 Å². The van der Waals surface area contributed by atoms with Crippen LogP contribution in [0.4, 0.5) is 17.6 Å². The summed E-state index contributed by atoms with van der Waals surface area (Å²) < 4.78 is 71.8. The number of nitriles is 1. The number of hydrogen-bond donors (Lipinski definition) is 2. The Labute approximate surface area is 256 Å². The number of fused-ring (bicyclic) bond motifs is 1. The Morgan fingerprint density at radius 3 is 2.44 bits per heavy atom. The Bertz CT molecular complexity index is 1740. The average molecular weight is 626 g/mol. The molecule has 0 spiro atoms. The molecule has 4 aromatic rings. The van der Waals surface area contributed by atoms with Crippen LogP contribution in [0.1, 0.15) is 35.1 Å². The fraction of sp³-hybridized carbons (Fsp3) is 0.333. The SMILES string of the molecule is COc1cc(CC(=O)O)ccc1OC1CCN(CC(O)(c2cn(Cc3ccccc3F)c3cc(C#N)ccc23)C(F)(F)F)CC1. The van der Waals surface area contributed by atoms with Crippen molar-refractivity contribution < 1.29 is 42.0 Å². The van der Waals surface area contributed by atoms with Crippen molar-refractivity contribution in [3.8, 4) is 17.6 Å². The molecule has 0 radical (unpaired) electrons. The number of piperidine rings is 1. The average Bonchev–Trinajstić information content (AvgIpc) is 3.37. The molecule has 1 atom stereocenters. The van der Waals surface area contributed by atoms with Crippen LogP contribution in [0.15, 0.2) is 66.9 Å². The molecular formula is C33H31F4N3O5. The Morgan fingerprint density at radius 1 is 1.07 bits per heavy atom. The summed E-state index contributed by atoms with van der Waals surface area (Å²) in [6.45, 7) is -0.436. The topological polar surface area (TPSA) is 108 Å². The van der Waals surface area contributed by atoms with Crippen molar-refractivity contribution in [2.75, 3.05) is 26.7 Å². The first-order valence-corrected chi connectivity index (χ1v) is 14.3. The van der Waals surface area contributed by atoms with Crippen LogP contribution < -0.4 is 9.47 Å². The summed E-state index contributed by atoms with van der Waals surface area (Å²) >= 11 is 0. The second kappa shape index (κ2) is 12.8. The van der Waals surface area contributed by atoms with Crippen LogP contribution in [-0.4, -0.2) is 64.7 Å². The number of halogens is 4. The van der Waals surface area contributed by atoms with Crippen LogP contribution in [0.3, 0.4) is 0 Å². The van der Waals surface area contributed by atoms with Gasteiger partial charge in [0.25, 0.3) is 0 Å². The van der Waals surface area contributed by atoms with Gasteiger partial charge in [0.2, 0.25) is 5.60 Å². The molecule has 2 heterocycles. The fourth-order valence-electron chi connectivity index (χ4n) is 5.74. The largest absolute Gasteiger partial charge is 0.493 e. The number of carboxylic acids is 1. The zero-order valence-corrected chi connectivity index (χ0v) is 24.4. The molecule has 1 saturated heterocycles. The quantitative estimate of drug-likeness (QED) is 0.220. The maximum Gasteiger partial charge on any atom is 0.422 e. The molecule has 1 aromatic heterocycles. The second-order valence-electron chi connectivity index (χ2n) is 11.1. The van der Waals surface area contributed by atoms with Gasteiger partial charge in [-0.25, -0.2) is 4.39 Å². The van der Waals surface area contributed by atoms with E-state index in [1.54, 1.807) is 24.3 Å². The molecule has 236 valence electrons. The Kier molecular flexibility index (Phi) is 9.04. The number of carboxylic acid groups (broad SMARTS) is 1. The zero-order chi connectivity index (χ0) is 32.4. The van der Waals surface area contributed by atoms with Crippen LogP contribution in [-0.2, 0) is 23.4 Å². The van der Waals surface area contributed by atoms with E-state index in [1.807, 2.05) is 6.07 Å². The van der Waals surface area contributed by atoms with E-state index in [-0.39, 0.29) is 59.8 Å². The summed E-state index contributed by atoms with van der Waals surface area (Å²) in [7, 11) is 1.43. The van der Waals surface area contributed by atoms with Gasteiger partial charge in [0.05, 0.1) is 37.2 Å². The maximum absolute atomic E-state index is 14.8. The molecular weight excluding hydrogens is 594 g/mol. The van der Waals surface area contributed by atoms with Gasteiger partial charge >= 0.3 is 12.1 Å². The number of hydrogen-bond acceptors (Lipinski definition) is 6. The minimum atomic E-state index is -5.06. The lowest BCUT2D eigenvalue weighted by molar-refractivity contribution is -0.272. The van der Waals surface area contributed by atoms with Gasteiger partial charge in [0.1, 0.15) is 11.9 Å². The lowest BCUT2D eigenvalue weighted by Crippen LogP contribution is -2.53. The molecule has 1 aliphatic heterocycles. The van der Waals surface area contributed by atoms with Gasteiger partial charge in [-0.15, -0.1) is 0 Å². The number of methoxy groups -OCH3 is 1. The number of carbonyl (C=O) groups is 1. The van der Waals surface area contributed by atoms with Crippen LogP contribution in [0.2, 0.25) is 0 Å². The highest BCUT2D eigenvalue weighted by atomic mass is 19.4. The van der Waals surface area contributed by atoms with E-state index in [0.717, 1.165) is 0 Å². The maximum atomic E-state index is 14.8. The van der Waals surface area contributed by atoms with Crippen molar-refractivity contribution in [1.82, 2.24) is 9.47 Å². The highest BCUT2D eigenvalue weighted by molar-refractivity contribution is 5.86. The predicted octanol–water partition coefficient (Wildman–Crippen LogP) is 5.63. The number of likely N-dealkylation sites (tertiary alicyclic amines) is 1. The highest BCUT2D eigenvalue weighted by Crippen LogP contribution is 2.44. The fourth-order valence-corrected chi connectivity index (χ4v) is 5.74. The van der Waals surface area contributed by atoms with E-state index in [4.69, 9.17) is 14.6 Å². The number of aromatic nitrogens is 1. The molecule has 1 unspecified atom stereocenters. The molecule has 5 rings (SSSR count). The predicted molar refractivity (Wildman–Crippen MR) is 157 cm³/mol. The smallest absolute Gasteiger partial charge is 0.422 e. The first-order valence-electron chi connectivity index (χ1n) is 14.3. The molecule has 8 nitrogen and oxygen atoms in total. The molecule has 1 aliphatic rings. The third-order valence-corrected chi connectivity index (χ3v) is 8.09. The third kappa shape index (κ3) is 6.74. The minimum Gasteiger partial charge on any atom is -0.493 e. The summed E-state index contributed by atoms with van der Waals surface area (Å²) in [4.78, 5) is 12.6. The monoisotopic (exact) mass is 625 g/mol. The van der Waals surface area contributed by atoms with Crippen molar-refractivity contribution in [2.45, 2.75) is 43.7 Å². The highest BCUT2D eigenvalue weighted by Gasteiger charge is 2.57. The van der Waals surface area contributed by atoms with Crippen LogP contribution >= 0.6 is 0 Å². The van der Waals surface area contributed by atoms with E-state index < -0.39 is 30.1 Å². The number of aliphatic hydroxyl groups is 1. The van der Waals surface area contributed by atoms with Gasteiger partial charge in [-0.1, -0.05) is 30.3 Å². The van der Waals surface area contributed by atoms with Crippen LogP contribution in [0, 0.1) is 17.1 Å². The zero-order valence-electron chi connectivity index (χ0n) is 24.4. The summed E-state index contributed by atoms with van der Waals surface area (Å²) in [5.41, 5.74) is -2.38. The van der Waals surface area contributed by atoms with Gasteiger partial charge in [-0.05, 0) is 48.7 Å². The number of β-amino-alcohol motifs (C(OH)–C–C–N with tert-alkyl or cyclic N) is 1. The normalized spacial score (nSPS) is 15.8. The van der Waals surface area contributed by atoms with E-state index in [0.29, 0.717) is 29.9 Å². The van der Waals surface area contributed by atoms with Crippen molar-refractivity contribution in [2.24, 2.45) is 0 Å². The molecule has 3 aromatic carbocycles. The molecule has 45 heavy (non-hydrogen) atoms. The third-order valence-electron chi connectivity index (χ3n) is 8.09. The molecule has 0 saturated carbocycles. The van der Waals surface area contributed by atoms with E-state index >= 15 is 0 Å². The standard InChI is InChI=1S/C33H31F4N3O5/c1-44-30-15-21(16-31(41)42)7-9-29(30)45-24-10-12-39(13-11-24)20-32(43,33(35,36)37)26-19-40(18-23-4-2-3-5-27(23)34)28-14-22(17-38)6-8-25(26)28/h2-9,14-15,19,24,43H,10-13,16,18,20H2,1H3,(H,41,42). The molecule has 0 bridgehead atoms. The summed E-state index contributed by atoms with van der Waals surface area (Å²) in [5, 5.41) is 30.1. The van der Waals surface area contributed by atoms with Crippen molar-refractivity contribution in [1.29, 1.82) is 5.26 Å². The van der Waals surface area contributed by atoms with E-state index in [1.165, 1.54) is 59.2 Å². The van der Waals surface area contributed by atoms with Gasteiger partial charge in [-0.2, -0.15) is 18.4 Å². The number of nitrogens with zero attached hydrogens (tertiary/aromatic N) is 3. The lowest BCUT2D eigenvalue weighted by atomic mass is 9.90. The molecule has 12 heteroatoms. The number of rotatable bonds is 10. The number of benzene rings is 3. The first-order chi connectivity index (χ1) is 21.4. The molecule has 0 amide bonds. The Balaban J connectivity index is 1.38. The van der Waals surface area contributed by atoms with Crippen LogP contribution in [0.25, 0.3) is 10.9 Å². The second-order valence-corrected chi connectivity index (χ2v) is 11.1. The molecule has 2 N–H and O–H groups in total. The Hall–Kier alpha value is -4.60. The lowest BCUT2D eigenvalue weighted by Gasteiger charge is -2.39. The molecule has 1 fully saturated rings. The van der Waals surface area contributed by atoms with Crippen LogP contribution in [0.5, 0.6) is 11.5 Å². The van der Waals surface area contributed by atoms with Crippen molar-refractivity contribution >= 4 is 16.9 Å². The summed E-state index contributed by atoms with van der Waals surface area (Å²) in [5.74, 6) is -0.758. The van der Waals surface area contributed by atoms with Crippen molar-refractivity contribution in [3.05, 3.63) is 94.9 Å². The summed E-state index contributed by atoms with van der Waals surface area (Å²) in [6, 6.07) is 16.9. The first kappa shape index (κ1) is 31.8. The Morgan fingerprint density at radius 2 is 1.80 bits per heavy atom.